The molecule has 1 aromatic rings. The average Bonchev–Trinajstić information content (AvgIpc) is 2.35. The summed E-state index contributed by atoms with van der Waals surface area (Å²) in [5, 5.41) is 3.71. The summed E-state index contributed by atoms with van der Waals surface area (Å²) in [6.07, 6.45) is 2.30. The molecule has 0 bridgehead atoms. The molecule has 0 aliphatic rings. The summed E-state index contributed by atoms with van der Waals surface area (Å²) in [7, 11) is 0. The van der Waals surface area contributed by atoms with Gasteiger partial charge in [-0.05, 0) is 55.0 Å². The zero-order valence-corrected chi connectivity index (χ0v) is 15.8. The molecule has 0 aliphatic carbocycles. The minimum atomic E-state index is 0.229. The first-order chi connectivity index (χ1) is 8.83. The third-order valence-electron chi connectivity index (χ3n) is 3.88. The maximum absolute atomic E-state index is 3.73. The fourth-order valence-corrected chi connectivity index (χ4v) is 3.23. The first kappa shape index (κ1) is 17.2. The number of aryl methyl sites for hydroxylation is 1. The second kappa shape index (κ2) is 7.24. The minimum absolute atomic E-state index is 0.229. The number of benzene rings is 1. The largest absolute Gasteiger partial charge is 0.309 e. The standard InChI is InChI=1S/C16H25Br2N/c1-6-8-19-15(16(4,5)7-2)12-10-13(17)11(3)9-14(12)18/h9-10,15,19H,6-8H2,1-5H3. The molecular formula is C16H25Br2N. The van der Waals surface area contributed by atoms with Crippen molar-refractivity contribution in [2.24, 2.45) is 5.41 Å². The Morgan fingerprint density at radius 1 is 1.16 bits per heavy atom. The summed E-state index contributed by atoms with van der Waals surface area (Å²) >= 11 is 7.39. The van der Waals surface area contributed by atoms with Gasteiger partial charge in [-0.2, -0.15) is 0 Å². The van der Waals surface area contributed by atoms with Gasteiger partial charge in [0.25, 0.3) is 0 Å². The molecule has 1 aromatic carbocycles. The van der Waals surface area contributed by atoms with Crippen molar-refractivity contribution >= 4 is 31.9 Å². The lowest BCUT2D eigenvalue weighted by molar-refractivity contribution is 0.234. The lowest BCUT2D eigenvalue weighted by atomic mass is 9.78. The fourth-order valence-electron chi connectivity index (χ4n) is 2.18. The molecule has 1 unspecified atom stereocenters. The number of halogens is 2. The Kier molecular flexibility index (Phi) is 6.55. The van der Waals surface area contributed by atoms with Crippen LogP contribution in [0, 0.1) is 12.3 Å². The molecule has 0 aromatic heterocycles. The van der Waals surface area contributed by atoms with Crippen molar-refractivity contribution in [1.29, 1.82) is 0 Å². The van der Waals surface area contributed by atoms with Crippen molar-refractivity contribution in [3.8, 4) is 0 Å². The summed E-state index contributed by atoms with van der Waals surface area (Å²) in [6, 6.07) is 4.82. The molecule has 0 saturated carbocycles. The molecule has 0 radical (unpaired) electrons. The molecule has 1 atom stereocenters. The molecule has 3 heteroatoms. The monoisotopic (exact) mass is 389 g/mol. The van der Waals surface area contributed by atoms with E-state index in [1.165, 1.54) is 20.1 Å². The van der Waals surface area contributed by atoms with Gasteiger partial charge in [0.15, 0.2) is 0 Å². The van der Waals surface area contributed by atoms with Crippen molar-refractivity contribution in [2.45, 2.75) is 53.5 Å². The van der Waals surface area contributed by atoms with Crippen molar-refractivity contribution in [3.05, 3.63) is 32.2 Å². The molecule has 0 amide bonds. The van der Waals surface area contributed by atoms with Gasteiger partial charge in [-0.3, -0.25) is 0 Å². The topological polar surface area (TPSA) is 12.0 Å². The van der Waals surface area contributed by atoms with E-state index in [0.717, 1.165) is 19.4 Å². The number of hydrogen-bond acceptors (Lipinski definition) is 1. The van der Waals surface area contributed by atoms with Crippen LogP contribution in [-0.2, 0) is 0 Å². The van der Waals surface area contributed by atoms with Gasteiger partial charge in [0, 0.05) is 15.0 Å². The zero-order valence-electron chi connectivity index (χ0n) is 12.6. The van der Waals surface area contributed by atoms with Gasteiger partial charge in [-0.25, -0.2) is 0 Å². The summed E-state index contributed by atoms with van der Waals surface area (Å²) in [4.78, 5) is 0. The van der Waals surface area contributed by atoms with E-state index < -0.39 is 0 Å². The Morgan fingerprint density at radius 3 is 2.32 bits per heavy atom. The van der Waals surface area contributed by atoms with Gasteiger partial charge in [0.05, 0.1) is 0 Å². The summed E-state index contributed by atoms with van der Waals surface area (Å²) < 4.78 is 2.38. The molecule has 108 valence electrons. The molecule has 0 spiro atoms. The normalized spacial score (nSPS) is 13.6. The van der Waals surface area contributed by atoms with Crippen LogP contribution in [0.5, 0.6) is 0 Å². The van der Waals surface area contributed by atoms with Gasteiger partial charge < -0.3 is 5.32 Å². The second-order valence-electron chi connectivity index (χ2n) is 5.85. The fraction of sp³-hybridized carbons (Fsp3) is 0.625. The lowest BCUT2D eigenvalue weighted by Crippen LogP contribution is -2.34. The molecule has 0 saturated heterocycles. The molecule has 19 heavy (non-hydrogen) atoms. The van der Waals surface area contributed by atoms with E-state index >= 15 is 0 Å². The number of rotatable bonds is 6. The van der Waals surface area contributed by atoms with Gasteiger partial charge in [0.2, 0.25) is 0 Å². The van der Waals surface area contributed by atoms with Crippen molar-refractivity contribution < 1.29 is 0 Å². The Hall–Kier alpha value is 0.140. The highest BCUT2D eigenvalue weighted by Crippen LogP contribution is 2.40. The Balaban J connectivity index is 3.21. The molecular weight excluding hydrogens is 366 g/mol. The van der Waals surface area contributed by atoms with Crippen molar-refractivity contribution in [2.75, 3.05) is 6.54 Å². The van der Waals surface area contributed by atoms with E-state index in [0.29, 0.717) is 6.04 Å². The van der Waals surface area contributed by atoms with E-state index in [-0.39, 0.29) is 5.41 Å². The molecule has 1 rings (SSSR count). The van der Waals surface area contributed by atoms with E-state index in [1.54, 1.807) is 0 Å². The highest BCUT2D eigenvalue weighted by Gasteiger charge is 2.30. The van der Waals surface area contributed by atoms with E-state index in [9.17, 15) is 0 Å². The van der Waals surface area contributed by atoms with Crippen LogP contribution in [0.1, 0.15) is 57.7 Å². The number of nitrogens with one attached hydrogen (secondary N) is 1. The smallest absolute Gasteiger partial charge is 0.0383 e. The predicted molar refractivity (Wildman–Crippen MR) is 91.7 cm³/mol. The third kappa shape index (κ3) is 4.30. The van der Waals surface area contributed by atoms with Crippen LogP contribution in [-0.4, -0.2) is 6.54 Å². The Bertz CT molecular complexity index is 427. The number of hydrogen-bond donors (Lipinski definition) is 1. The van der Waals surface area contributed by atoms with Crippen LogP contribution >= 0.6 is 31.9 Å². The van der Waals surface area contributed by atoms with Gasteiger partial charge in [0.1, 0.15) is 0 Å². The van der Waals surface area contributed by atoms with Crippen LogP contribution in [0.2, 0.25) is 0 Å². The van der Waals surface area contributed by atoms with Crippen LogP contribution < -0.4 is 5.32 Å². The van der Waals surface area contributed by atoms with E-state index in [2.05, 4.69) is 83.9 Å². The van der Waals surface area contributed by atoms with Crippen LogP contribution in [0.4, 0.5) is 0 Å². The van der Waals surface area contributed by atoms with Crippen LogP contribution in [0.25, 0.3) is 0 Å². The third-order valence-corrected chi connectivity index (χ3v) is 5.42. The average molecular weight is 391 g/mol. The van der Waals surface area contributed by atoms with Gasteiger partial charge in [-0.15, -0.1) is 0 Å². The highest BCUT2D eigenvalue weighted by molar-refractivity contribution is 9.11. The highest BCUT2D eigenvalue weighted by atomic mass is 79.9. The quantitative estimate of drug-likeness (QED) is 0.628. The summed E-state index contributed by atoms with van der Waals surface area (Å²) in [6.45, 7) is 12.3. The molecule has 0 heterocycles. The van der Waals surface area contributed by atoms with Crippen LogP contribution in [0.15, 0.2) is 21.1 Å². The molecule has 1 nitrogen and oxygen atoms in total. The van der Waals surface area contributed by atoms with Crippen molar-refractivity contribution in [1.82, 2.24) is 5.32 Å². The van der Waals surface area contributed by atoms with Gasteiger partial charge in [-0.1, -0.05) is 59.6 Å². The zero-order chi connectivity index (χ0) is 14.6. The predicted octanol–water partition coefficient (Wildman–Crippen LogP) is 6.00. The summed E-state index contributed by atoms with van der Waals surface area (Å²) in [5.41, 5.74) is 2.84. The van der Waals surface area contributed by atoms with E-state index in [1.807, 2.05) is 0 Å². The lowest BCUT2D eigenvalue weighted by Gasteiger charge is -2.35. The maximum Gasteiger partial charge on any atom is 0.0383 e. The first-order valence-electron chi connectivity index (χ1n) is 7.02. The SMILES string of the molecule is CCCNC(c1cc(Br)c(C)cc1Br)C(C)(C)CC. The summed E-state index contributed by atoms with van der Waals surface area (Å²) in [5.74, 6) is 0. The Morgan fingerprint density at radius 2 is 1.79 bits per heavy atom. The van der Waals surface area contributed by atoms with E-state index in [4.69, 9.17) is 0 Å². The van der Waals surface area contributed by atoms with Gasteiger partial charge >= 0.3 is 0 Å². The molecule has 1 N–H and O–H groups in total. The maximum atomic E-state index is 3.73. The van der Waals surface area contributed by atoms with Crippen LogP contribution in [0.3, 0.4) is 0 Å². The molecule has 0 aliphatic heterocycles. The Labute approximate surface area is 134 Å². The minimum Gasteiger partial charge on any atom is -0.309 e. The van der Waals surface area contributed by atoms with Crippen molar-refractivity contribution in [3.63, 3.8) is 0 Å². The molecule has 0 fully saturated rings. The first-order valence-corrected chi connectivity index (χ1v) is 8.61. The second-order valence-corrected chi connectivity index (χ2v) is 7.56.